The van der Waals surface area contributed by atoms with Gasteiger partial charge >= 0.3 is 5.97 Å². The van der Waals surface area contributed by atoms with Crippen molar-refractivity contribution in [1.82, 2.24) is 14.0 Å². The second-order valence-corrected chi connectivity index (χ2v) is 15.0. The Labute approximate surface area is 236 Å². The minimum Gasteiger partial charge on any atom is -0.480 e. The number of hydrogen-bond acceptors (Lipinski definition) is 10. The van der Waals surface area contributed by atoms with E-state index in [1.165, 1.54) is 24.3 Å². The van der Waals surface area contributed by atoms with E-state index in [0.29, 0.717) is 21.8 Å². The van der Waals surface area contributed by atoms with Crippen LogP contribution in [0.25, 0.3) is 0 Å². The number of thiophene rings is 1. The molecule has 1 aromatic carbocycles. The van der Waals surface area contributed by atoms with Gasteiger partial charge in [0.25, 0.3) is 26.0 Å². The molecule has 0 fully saturated rings. The van der Waals surface area contributed by atoms with Crippen molar-refractivity contribution in [3.05, 3.63) is 66.1 Å². The molecule has 2 N–H and O–H groups in total. The fourth-order valence-corrected chi connectivity index (χ4v) is 9.49. The molecule has 0 saturated carbocycles. The van der Waals surface area contributed by atoms with Gasteiger partial charge in [0, 0.05) is 6.54 Å². The molecule has 1 amide bonds. The summed E-state index contributed by atoms with van der Waals surface area (Å²) in [5.74, 6) is -3.10. The van der Waals surface area contributed by atoms with E-state index < -0.39 is 74.0 Å². The monoisotopic (exact) mass is 655 g/mol. The number of rotatable bonds is 10. The summed E-state index contributed by atoms with van der Waals surface area (Å²) >= 11 is 0.339. The van der Waals surface area contributed by atoms with Crippen molar-refractivity contribution in [2.24, 2.45) is 0 Å². The lowest BCUT2D eigenvalue weighted by atomic mass is 10.1. The molecule has 1 aliphatic heterocycles. The van der Waals surface area contributed by atoms with Crippen molar-refractivity contribution in [1.29, 1.82) is 0 Å². The molecular weight excluding hydrogens is 636 g/mol. The topological polar surface area (TPSA) is 185 Å². The first-order chi connectivity index (χ1) is 19.2. The highest BCUT2D eigenvalue weighted by Crippen LogP contribution is 2.31. The molecule has 1 aliphatic rings. The molecule has 2 aromatic heterocycles. The predicted molar refractivity (Wildman–Crippen MR) is 137 cm³/mol. The second-order valence-electron chi connectivity index (χ2n) is 8.03. The Hall–Kier alpha value is -3.39. The SMILES string of the molecule is FCF.O=C(O)[C@@H](CCCN1C(=O)c2ccccc2S1(=O)=O)NS(=O)(=O)c1ccc(S(=O)(=O)c2ccc(F)cn2)s1. The van der Waals surface area contributed by atoms with E-state index in [1.807, 2.05) is 4.72 Å². The third kappa shape index (κ3) is 6.92. The molecule has 0 radical (unpaired) electrons. The van der Waals surface area contributed by atoms with Gasteiger partial charge < -0.3 is 5.11 Å². The van der Waals surface area contributed by atoms with Gasteiger partial charge in [0.15, 0.2) is 5.03 Å². The predicted octanol–water partition coefficient (Wildman–Crippen LogP) is 2.35. The number of carboxylic acid groups (broad SMARTS) is 1. The van der Waals surface area contributed by atoms with Crippen LogP contribution in [0.15, 0.2) is 73.1 Å². The minimum atomic E-state index is -4.52. The average molecular weight is 656 g/mol. The number of nitrogens with zero attached hydrogens (tertiary/aromatic N) is 2. The van der Waals surface area contributed by atoms with Crippen molar-refractivity contribution >= 4 is 53.1 Å². The van der Waals surface area contributed by atoms with Crippen molar-refractivity contribution in [3.63, 3.8) is 0 Å². The Bertz CT molecular complexity index is 1760. The quantitative estimate of drug-likeness (QED) is 0.329. The number of carboxylic acids is 1. The number of aromatic nitrogens is 1. The van der Waals surface area contributed by atoms with E-state index in [1.54, 1.807) is 0 Å². The molecule has 41 heavy (non-hydrogen) atoms. The van der Waals surface area contributed by atoms with Crippen LogP contribution >= 0.6 is 11.3 Å². The minimum absolute atomic E-state index is 0.0118. The van der Waals surface area contributed by atoms with Crippen LogP contribution in [-0.2, 0) is 34.7 Å². The number of nitrogens with one attached hydrogen (secondary N) is 1. The number of fused-ring (bicyclic) bond motifs is 1. The molecule has 3 aromatic rings. The van der Waals surface area contributed by atoms with Gasteiger partial charge in [0.05, 0.1) is 11.8 Å². The summed E-state index contributed by atoms with van der Waals surface area (Å²) in [4.78, 5) is 27.5. The summed E-state index contributed by atoms with van der Waals surface area (Å²) in [7, 11) is -12.9. The molecule has 3 heterocycles. The number of benzene rings is 1. The lowest BCUT2D eigenvalue weighted by Crippen LogP contribution is -2.41. The summed E-state index contributed by atoms with van der Waals surface area (Å²) in [6, 6.07) is 7.64. The highest BCUT2D eigenvalue weighted by atomic mass is 32.3. The van der Waals surface area contributed by atoms with E-state index in [4.69, 9.17) is 0 Å². The molecule has 12 nitrogen and oxygen atoms in total. The molecular formula is C22H20F3N3O9S4. The van der Waals surface area contributed by atoms with Crippen LogP contribution in [-0.4, -0.2) is 71.0 Å². The Kier molecular flexibility index (Phi) is 9.90. The Morgan fingerprint density at radius 2 is 1.68 bits per heavy atom. The number of carbonyl (C=O) groups excluding carboxylic acids is 1. The number of pyridine rings is 1. The molecule has 0 bridgehead atoms. The van der Waals surface area contributed by atoms with E-state index >= 15 is 0 Å². The number of hydrogen-bond donors (Lipinski definition) is 2. The number of aliphatic carboxylic acids is 1. The van der Waals surface area contributed by atoms with E-state index in [-0.39, 0.29) is 29.8 Å². The second kappa shape index (κ2) is 12.6. The highest BCUT2D eigenvalue weighted by Gasteiger charge is 2.40. The highest BCUT2D eigenvalue weighted by molar-refractivity contribution is 7.95. The normalized spacial score (nSPS) is 15.1. The number of carbonyl (C=O) groups is 2. The van der Waals surface area contributed by atoms with Gasteiger partial charge in [0.1, 0.15) is 25.2 Å². The first kappa shape index (κ1) is 32.1. The van der Waals surface area contributed by atoms with Gasteiger partial charge in [-0.3, -0.25) is 9.59 Å². The lowest BCUT2D eigenvalue weighted by Gasteiger charge is -2.17. The number of alkyl halides is 2. The maximum Gasteiger partial charge on any atom is 0.321 e. The molecule has 1 atom stereocenters. The van der Waals surface area contributed by atoms with Gasteiger partial charge in [-0.25, -0.2) is 47.7 Å². The molecule has 19 heteroatoms. The van der Waals surface area contributed by atoms with Crippen LogP contribution < -0.4 is 4.72 Å². The summed E-state index contributed by atoms with van der Waals surface area (Å²) in [6.07, 6.45) is 0.135. The number of halogens is 3. The third-order valence-electron chi connectivity index (χ3n) is 5.42. The summed E-state index contributed by atoms with van der Waals surface area (Å²) in [6.45, 7) is -2.13. The molecule has 0 aliphatic carbocycles. The van der Waals surface area contributed by atoms with Gasteiger partial charge in [-0.2, -0.15) is 4.72 Å². The Balaban J connectivity index is 0.00000147. The fraction of sp³-hybridized carbons (Fsp3) is 0.227. The Morgan fingerprint density at radius 3 is 2.27 bits per heavy atom. The zero-order valence-corrected chi connectivity index (χ0v) is 23.7. The standard InChI is InChI=1S/C21H18FN3O9S4.CH2F2/c22-13-7-8-17(23-12-13)36(29,30)18-9-10-19(35-18)37(31,32)24-15(21(27)28)5-3-11-25-20(26)14-4-1-2-6-16(14)38(25,33)34;2-1-3/h1-2,4,6-10,12,15,24H,3,5,11H2,(H,27,28);1H2/t15-;/m1./s1. The molecule has 222 valence electrons. The first-order valence-electron chi connectivity index (χ1n) is 11.2. The third-order valence-corrected chi connectivity index (χ3v) is 12.5. The zero-order valence-electron chi connectivity index (χ0n) is 20.5. The van der Waals surface area contributed by atoms with Gasteiger partial charge in [-0.1, -0.05) is 12.1 Å². The van der Waals surface area contributed by atoms with E-state index in [2.05, 4.69) is 4.98 Å². The molecule has 0 saturated heterocycles. The maximum atomic E-state index is 13.1. The van der Waals surface area contributed by atoms with Crippen molar-refractivity contribution in [2.75, 3.05) is 13.5 Å². The first-order valence-corrected chi connectivity index (χ1v) is 16.4. The van der Waals surface area contributed by atoms with Crippen molar-refractivity contribution in [3.8, 4) is 0 Å². The zero-order chi connectivity index (χ0) is 30.6. The maximum absolute atomic E-state index is 13.1. The van der Waals surface area contributed by atoms with E-state index in [0.717, 1.165) is 24.3 Å². The van der Waals surface area contributed by atoms with Gasteiger partial charge in [0.2, 0.25) is 16.8 Å². The largest absolute Gasteiger partial charge is 0.480 e. The van der Waals surface area contributed by atoms with Crippen LogP contribution in [0.2, 0.25) is 0 Å². The van der Waals surface area contributed by atoms with Crippen LogP contribution in [0.3, 0.4) is 0 Å². The Morgan fingerprint density at radius 1 is 1.05 bits per heavy atom. The van der Waals surface area contributed by atoms with Crippen LogP contribution in [0, 0.1) is 5.82 Å². The summed E-state index contributed by atoms with van der Waals surface area (Å²) < 4.78 is 110. The molecule has 0 unspecified atom stereocenters. The van der Waals surface area contributed by atoms with Crippen molar-refractivity contribution < 1.29 is 53.1 Å². The number of sulfonamides is 2. The smallest absolute Gasteiger partial charge is 0.321 e. The summed E-state index contributed by atoms with van der Waals surface area (Å²) in [5, 5.41) is 9.02. The van der Waals surface area contributed by atoms with Crippen molar-refractivity contribution in [2.45, 2.75) is 37.2 Å². The fourth-order valence-electron chi connectivity index (χ4n) is 3.59. The van der Waals surface area contributed by atoms with Crippen LogP contribution in [0.5, 0.6) is 0 Å². The van der Waals surface area contributed by atoms with Crippen LogP contribution in [0.1, 0.15) is 23.2 Å². The van der Waals surface area contributed by atoms with Crippen LogP contribution in [0.4, 0.5) is 13.2 Å². The lowest BCUT2D eigenvalue weighted by molar-refractivity contribution is -0.139. The van der Waals surface area contributed by atoms with Gasteiger partial charge in [-0.15, -0.1) is 11.3 Å². The van der Waals surface area contributed by atoms with Gasteiger partial charge in [-0.05, 0) is 49.2 Å². The molecule has 4 rings (SSSR count). The number of amides is 1. The number of sulfone groups is 1. The van der Waals surface area contributed by atoms with E-state index in [9.17, 15) is 53.1 Å². The molecule has 0 spiro atoms. The summed E-state index contributed by atoms with van der Waals surface area (Å²) in [5.41, 5.74) is -0.0118. The average Bonchev–Trinajstić information content (AvgIpc) is 3.49.